The van der Waals surface area contributed by atoms with Crippen molar-refractivity contribution in [1.82, 2.24) is 5.32 Å². The fourth-order valence-electron chi connectivity index (χ4n) is 1.29. The largest absolute Gasteiger partial charge is 0.481 e. The fourth-order valence-corrected chi connectivity index (χ4v) is 1.29. The van der Waals surface area contributed by atoms with Gasteiger partial charge in [0.25, 0.3) is 0 Å². The van der Waals surface area contributed by atoms with Gasteiger partial charge in [-0.15, -0.1) is 0 Å². The van der Waals surface area contributed by atoms with Crippen LogP contribution in [0.15, 0.2) is 0 Å². The summed E-state index contributed by atoms with van der Waals surface area (Å²) in [5.74, 6) is -1.80. The summed E-state index contributed by atoms with van der Waals surface area (Å²) in [5.41, 5.74) is 0. The number of hydrogen-bond donors (Lipinski definition) is 2. The average Bonchev–Trinajstić information content (AvgIpc) is 2.52. The van der Waals surface area contributed by atoms with E-state index in [0.29, 0.717) is 0 Å². The maximum absolute atomic E-state index is 11.3. The molecule has 14 heavy (non-hydrogen) atoms. The number of hydrogen-bond acceptors (Lipinski definition) is 3. The van der Waals surface area contributed by atoms with Crippen molar-refractivity contribution in [2.24, 2.45) is 11.8 Å². The molecule has 0 aromatic heterocycles. The van der Waals surface area contributed by atoms with Gasteiger partial charge in [0.15, 0.2) is 0 Å². The highest BCUT2D eigenvalue weighted by Gasteiger charge is 2.35. The van der Waals surface area contributed by atoms with E-state index in [0.717, 1.165) is 0 Å². The van der Waals surface area contributed by atoms with Crippen LogP contribution in [0, 0.1) is 11.8 Å². The van der Waals surface area contributed by atoms with Crippen LogP contribution in [-0.4, -0.2) is 36.2 Å². The maximum Gasteiger partial charge on any atom is 0.311 e. The lowest BCUT2D eigenvalue weighted by atomic mass is 10.0. The van der Waals surface area contributed by atoms with E-state index in [9.17, 15) is 9.59 Å². The second-order valence-electron chi connectivity index (χ2n) is 3.75. The molecular weight excluding hydrogens is 186 g/mol. The van der Waals surface area contributed by atoms with Crippen molar-refractivity contribution in [2.45, 2.75) is 19.9 Å². The fraction of sp³-hybridized carbons (Fsp3) is 0.778. The van der Waals surface area contributed by atoms with Crippen molar-refractivity contribution in [2.75, 3.05) is 13.2 Å². The third-order valence-electron chi connectivity index (χ3n) is 2.25. The van der Waals surface area contributed by atoms with Gasteiger partial charge in [0, 0.05) is 5.92 Å². The smallest absolute Gasteiger partial charge is 0.311 e. The summed E-state index contributed by atoms with van der Waals surface area (Å²) in [4.78, 5) is 22.0. The normalized spacial score (nSPS) is 26.5. The Morgan fingerprint density at radius 3 is 2.57 bits per heavy atom. The highest BCUT2D eigenvalue weighted by atomic mass is 16.5. The molecule has 1 aliphatic heterocycles. The van der Waals surface area contributed by atoms with E-state index >= 15 is 0 Å². The van der Waals surface area contributed by atoms with E-state index < -0.39 is 11.9 Å². The van der Waals surface area contributed by atoms with Crippen LogP contribution in [0.2, 0.25) is 0 Å². The molecule has 2 unspecified atom stereocenters. The molecule has 2 N–H and O–H groups in total. The SMILES string of the molecule is CC(C)C(=O)NC1COCC1C(=O)O. The van der Waals surface area contributed by atoms with Crippen molar-refractivity contribution < 1.29 is 19.4 Å². The van der Waals surface area contributed by atoms with Gasteiger partial charge in [-0.2, -0.15) is 0 Å². The predicted octanol–water partition coefficient (Wildman–Crippen LogP) is -0.142. The van der Waals surface area contributed by atoms with Crippen LogP contribution < -0.4 is 5.32 Å². The van der Waals surface area contributed by atoms with Crippen molar-refractivity contribution in [3.63, 3.8) is 0 Å². The monoisotopic (exact) mass is 201 g/mol. The summed E-state index contributed by atoms with van der Waals surface area (Å²) in [7, 11) is 0. The van der Waals surface area contributed by atoms with E-state index in [4.69, 9.17) is 9.84 Å². The van der Waals surface area contributed by atoms with Gasteiger partial charge in [-0.3, -0.25) is 9.59 Å². The van der Waals surface area contributed by atoms with Gasteiger partial charge in [0.05, 0.1) is 19.3 Å². The van der Waals surface area contributed by atoms with E-state index in [1.54, 1.807) is 13.8 Å². The van der Waals surface area contributed by atoms with Crippen LogP contribution in [0.1, 0.15) is 13.8 Å². The number of nitrogens with one attached hydrogen (secondary N) is 1. The van der Waals surface area contributed by atoms with Crippen LogP contribution in [-0.2, 0) is 14.3 Å². The third kappa shape index (κ3) is 2.45. The van der Waals surface area contributed by atoms with Crippen LogP contribution in [0.25, 0.3) is 0 Å². The highest BCUT2D eigenvalue weighted by molar-refractivity contribution is 5.79. The molecule has 1 rings (SSSR count). The van der Waals surface area contributed by atoms with Gasteiger partial charge in [-0.1, -0.05) is 13.8 Å². The Morgan fingerprint density at radius 1 is 1.43 bits per heavy atom. The Labute approximate surface area is 82.4 Å². The lowest BCUT2D eigenvalue weighted by molar-refractivity contribution is -0.142. The third-order valence-corrected chi connectivity index (χ3v) is 2.25. The maximum atomic E-state index is 11.3. The van der Waals surface area contributed by atoms with Gasteiger partial charge in [-0.25, -0.2) is 0 Å². The number of carbonyl (C=O) groups is 2. The standard InChI is InChI=1S/C9H15NO4/c1-5(2)8(11)10-7-4-14-3-6(7)9(12)13/h5-7H,3-4H2,1-2H3,(H,10,11)(H,12,13). The summed E-state index contributed by atoms with van der Waals surface area (Å²) in [6.07, 6.45) is 0. The van der Waals surface area contributed by atoms with E-state index in [-0.39, 0.29) is 31.1 Å². The molecule has 0 aliphatic carbocycles. The Bertz CT molecular complexity index is 239. The lowest BCUT2D eigenvalue weighted by Gasteiger charge is -2.16. The molecule has 5 heteroatoms. The van der Waals surface area contributed by atoms with Gasteiger partial charge in [0.1, 0.15) is 5.92 Å². The number of rotatable bonds is 3. The number of amides is 1. The second kappa shape index (κ2) is 4.41. The minimum atomic E-state index is -0.920. The van der Waals surface area contributed by atoms with Gasteiger partial charge < -0.3 is 15.2 Å². The minimum Gasteiger partial charge on any atom is -0.481 e. The number of carboxylic acids is 1. The molecule has 2 atom stereocenters. The molecule has 80 valence electrons. The van der Waals surface area contributed by atoms with Crippen LogP contribution in [0.4, 0.5) is 0 Å². The molecule has 1 heterocycles. The summed E-state index contributed by atoms with van der Waals surface area (Å²) in [5, 5.41) is 11.5. The van der Waals surface area contributed by atoms with Crippen molar-refractivity contribution in [1.29, 1.82) is 0 Å². The van der Waals surface area contributed by atoms with Crippen molar-refractivity contribution in [3.8, 4) is 0 Å². The molecular formula is C9H15NO4. The summed E-state index contributed by atoms with van der Waals surface area (Å²) < 4.78 is 5.02. The van der Waals surface area contributed by atoms with Crippen LogP contribution in [0.5, 0.6) is 0 Å². The number of ether oxygens (including phenoxy) is 1. The summed E-state index contributed by atoms with van der Waals surface area (Å²) in [6, 6.07) is -0.387. The zero-order valence-corrected chi connectivity index (χ0v) is 8.32. The molecule has 1 amide bonds. The molecule has 0 radical (unpaired) electrons. The molecule has 0 spiro atoms. The van der Waals surface area contributed by atoms with E-state index in [2.05, 4.69) is 5.32 Å². The first-order valence-corrected chi connectivity index (χ1v) is 4.63. The van der Waals surface area contributed by atoms with Crippen molar-refractivity contribution >= 4 is 11.9 Å². The Balaban J connectivity index is 2.51. The van der Waals surface area contributed by atoms with Crippen LogP contribution in [0.3, 0.4) is 0 Å². The van der Waals surface area contributed by atoms with Gasteiger partial charge in [-0.05, 0) is 0 Å². The quantitative estimate of drug-likeness (QED) is 0.666. The minimum absolute atomic E-state index is 0.133. The van der Waals surface area contributed by atoms with Gasteiger partial charge in [0.2, 0.25) is 5.91 Å². The first kappa shape index (κ1) is 11.0. The number of carbonyl (C=O) groups excluding carboxylic acids is 1. The molecule has 0 saturated carbocycles. The predicted molar refractivity (Wildman–Crippen MR) is 48.7 cm³/mol. The Hall–Kier alpha value is -1.10. The van der Waals surface area contributed by atoms with Gasteiger partial charge >= 0.3 is 5.97 Å². The highest BCUT2D eigenvalue weighted by Crippen LogP contribution is 2.14. The average molecular weight is 201 g/mol. The second-order valence-corrected chi connectivity index (χ2v) is 3.75. The number of aliphatic carboxylic acids is 1. The molecule has 0 aromatic carbocycles. The lowest BCUT2D eigenvalue weighted by Crippen LogP contribution is -2.44. The number of carboxylic acid groups (broad SMARTS) is 1. The van der Waals surface area contributed by atoms with Crippen molar-refractivity contribution in [3.05, 3.63) is 0 Å². The molecule has 0 aromatic rings. The van der Waals surface area contributed by atoms with Crippen LogP contribution >= 0.6 is 0 Å². The summed E-state index contributed by atoms with van der Waals surface area (Å²) in [6.45, 7) is 4.00. The molecule has 1 saturated heterocycles. The zero-order valence-electron chi connectivity index (χ0n) is 8.32. The topological polar surface area (TPSA) is 75.6 Å². The molecule has 5 nitrogen and oxygen atoms in total. The van der Waals surface area contributed by atoms with E-state index in [1.807, 2.05) is 0 Å². The van der Waals surface area contributed by atoms with E-state index in [1.165, 1.54) is 0 Å². The molecule has 0 bridgehead atoms. The Kier molecular flexibility index (Phi) is 3.46. The molecule has 1 aliphatic rings. The Morgan fingerprint density at radius 2 is 2.07 bits per heavy atom. The molecule has 1 fully saturated rings. The first-order chi connectivity index (χ1) is 6.52. The summed E-state index contributed by atoms with van der Waals surface area (Å²) >= 11 is 0. The first-order valence-electron chi connectivity index (χ1n) is 4.63. The zero-order chi connectivity index (χ0) is 10.7.